The number of halogens is 2. The van der Waals surface area contributed by atoms with Crippen LogP contribution in [0.2, 0.25) is 5.02 Å². The lowest BCUT2D eigenvalue weighted by molar-refractivity contribution is -0.139. The van der Waals surface area contributed by atoms with E-state index < -0.39 is 11.8 Å². The third-order valence-corrected chi connectivity index (χ3v) is 5.67. The highest BCUT2D eigenvalue weighted by molar-refractivity contribution is 9.10. The number of carbonyl (C=O) groups is 3. The molecule has 0 radical (unpaired) electrons. The van der Waals surface area contributed by atoms with E-state index in [1.807, 2.05) is 0 Å². The van der Waals surface area contributed by atoms with E-state index in [4.69, 9.17) is 25.8 Å². The lowest BCUT2D eigenvalue weighted by atomic mass is 10.2. The molecule has 1 aliphatic heterocycles. The fourth-order valence-electron chi connectivity index (χ4n) is 3.13. The smallest absolute Gasteiger partial charge is 0.329 e. The maximum Gasteiger partial charge on any atom is 0.329 e. The third-order valence-electron chi connectivity index (χ3n) is 4.83. The molecule has 0 aromatic heterocycles. The molecule has 12 heteroatoms. The number of nitrogens with zero attached hydrogens (tertiary/aromatic N) is 1. The van der Waals surface area contributed by atoms with E-state index in [0.717, 1.165) is 12.8 Å². The number of hydrazone groups is 1. The summed E-state index contributed by atoms with van der Waals surface area (Å²) in [6.07, 6.45) is 3.07. The molecule has 186 valence electrons. The van der Waals surface area contributed by atoms with Crippen LogP contribution in [0.25, 0.3) is 0 Å². The number of ether oxygens (including phenoxy) is 3. The monoisotopic (exact) mass is 566 g/mol. The van der Waals surface area contributed by atoms with Crippen LogP contribution in [0.5, 0.6) is 11.5 Å². The fourth-order valence-corrected chi connectivity index (χ4v) is 3.83. The molecule has 0 saturated carbocycles. The Morgan fingerprint density at radius 3 is 2.69 bits per heavy atom. The molecular weight excluding hydrogens is 544 g/mol. The molecule has 0 aliphatic carbocycles. The lowest BCUT2D eigenvalue weighted by Crippen LogP contribution is -2.41. The number of hydrogen-bond acceptors (Lipinski definition) is 7. The minimum absolute atomic E-state index is 0.0655. The number of benzene rings is 2. The predicted octanol–water partition coefficient (Wildman–Crippen LogP) is 2.87. The largest absolute Gasteiger partial charge is 0.493 e. The highest BCUT2D eigenvalue weighted by atomic mass is 79.9. The van der Waals surface area contributed by atoms with Gasteiger partial charge in [-0.1, -0.05) is 11.6 Å². The van der Waals surface area contributed by atoms with Crippen molar-refractivity contribution in [3.05, 3.63) is 51.5 Å². The maximum atomic E-state index is 12.2. The molecule has 3 rings (SSSR count). The van der Waals surface area contributed by atoms with Gasteiger partial charge in [-0.2, -0.15) is 5.10 Å². The van der Waals surface area contributed by atoms with Crippen LogP contribution in [0.15, 0.2) is 46.0 Å². The molecule has 1 saturated heterocycles. The van der Waals surface area contributed by atoms with Crippen LogP contribution < -0.4 is 25.5 Å². The Kier molecular flexibility index (Phi) is 9.88. The third kappa shape index (κ3) is 8.23. The van der Waals surface area contributed by atoms with E-state index in [1.54, 1.807) is 36.4 Å². The summed E-state index contributed by atoms with van der Waals surface area (Å²) in [5, 5.41) is 9.59. The maximum absolute atomic E-state index is 12.2. The minimum Gasteiger partial charge on any atom is -0.493 e. The van der Waals surface area contributed by atoms with Gasteiger partial charge < -0.3 is 24.8 Å². The summed E-state index contributed by atoms with van der Waals surface area (Å²) in [6.45, 7) is 0.678. The standard InChI is InChI=1S/C23H24BrClN4O6/c1-33-19-10-14(11-27-29-23(32)22(31)26-12-17-3-2-8-34-17)9-18(24)21(19)35-13-20(30)28-16-6-4-15(25)5-7-16/h4-7,9-11,17H,2-3,8,12-13H2,1H3,(H,26,31)(H,28,30)(H,29,32)/b27-11-/t17-/m0/s1. The Morgan fingerprint density at radius 1 is 1.23 bits per heavy atom. The van der Waals surface area contributed by atoms with Gasteiger partial charge in [-0.15, -0.1) is 0 Å². The summed E-state index contributed by atoms with van der Waals surface area (Å²) in [4.78, 5) is 36.0. The summed E-state index contributed by atoms with van der Waals surface area (Å²) in [5.74, 6) is -1.41. The van der Waals surface area contributed by atoms with Gasteiger partial charge >= 0.3 is 11.8 Å². The molecule has 1 aliphatic rings. The Morgan fingerprint density at radius 2 is 2.00 bits per heavy atom. The Balaban J connectivity index is 1.52. The van der Waals surface area contributed by atoms with Gasteiger partial charge in [-0.3, -0.25) is 14.4 Å². The number of nitrogens with one attached hydrogen (secondary N) is 3. The van der Waals surface area contributed by atoms with Crippen molar-refractivity contribution in [1.82, 2.24) is 10.7 Å². The van der Waals surface area contributed by atoms with Crippen LogP contribution in [0.4, 0.5) is 5.69 Å². The van der Waals surface area contributed by atoms with E-state index in [-0.39, 0.29) is 25.2 Å². The molecule has 0 spiro atoms. The van der Waals surface area contributed by atoms with Crippen LogP contribution in [0.3, 0.4) is 0 Å². The second-order valence-corrected chi connectivity index (χ2v) is 8.71. The van der Waals surface area contributed by atoms with Crippen LogP contribution in [0, 0.1) is 0 Å². The number of methoxy groups -OCH3 is 1. The van der Waals surface area contributed by atoms with Crippen LogP contribution in [-0.4, -0.2) is 56.9 Å². The first-order valence-corrected chi connectivity index (χ1v) is 11.8. The van der Waals surface area contributed by atoms with Gasteiger partial charge in [0.15, 0.2) is 18.1 Å². The quantitative estimate of drug-likeness (QED) is 0.243. The molecule has 1 fully saturated rings. The SMILES string of the molecule is COc1cc(/C=N\NC(=O)C(=O)NC[C@@H]2CCCO2)cc(Br)c1OCC(=O)Nc1ccc(Cl)cc1. The Labute approximate surface area is 215 Å². The summed E-state index contributed by atoms with van der Waals surface area (Å²) in [5.41, 5.74) is 3.31. The average molecular weight is 568 g/mol. The van der Waals surface area contributed by atoms with Crippen molar-refractivity contribution in [2.75, 3.05) is 32.2 Å². The molecule has 2 aromatic carbocycles. The first-order chi connectivity index (χ1) is 16.9. The molecule has 3 amide bonds. The van der Waals surface area contributed by atoms with Gasteiger partial charge in [-0.25, -0.2) is 5.43 Å². The van der Waals surface area contributed by atoms with Crippen molar-refractivity contribution < 1.29 is 28.6 Å². The number of carbonyl (C=O) groups excluding carboxylic acids is 3. The molecule has 10 nitrogen and oxygen atoms in total. The summed E-state index contributed by atoms with van der Waals surface area (Å²) >= 11 is 9.22. The highest BCUT2D eigenvalue weighted by Gasteiger charge is 2.19. The molecule has 0 unspecified atom stereocenters. The van der Waals surface area contributed by atoms with Crippen molar-refractivity contribution in [2.45, 2.75) is 18.9 Å². The second kappa shape index (κ2) is 13.1. The first-order valence-electron chi connectivity index (χ1n) is 10.6. The van der Waals surface area contributed by atoms with Gasteiger partial charge in [-0.05, 0) is 70.7 Å². The lowest BCUT2D eigenvalue weighted by Gasteiger charge is -2.13. The summed E-state index contributed by atoms with van der Waals surface area (Å²) in [6, 6.07) is 9.94. The van der Waals surface area contributed by atoms with Gasteiger partial charge in [0.2, 0.25) is 0 Å². The van der Waals surface area contributed by atoms with Crippen molar-refractivity contribution in [3.63, 3.8) is 0 Å². The fraction of sp³-hybridized carbons (Fsp3) is 0.304. The van der Waals surface area contributed by atoms with Crippen molar-refractivity contribution in [3.8, 4) is 11.5 Å². The summed E-state index contributed by atoms with van der Waals surface area (Å²) in [7, 11) is 1.45. The molecule has 1 atom stereocenters. The van der Waals surface area contributed by atoms with Gasteiger partial charge in [0, 0.05) is 23.9 Å². The first kappa shape index (κ1) is 26.5. The van der Waals surface area contributed by atoms with Crippen LogP contribution in [0.1, 0.15) is 18.4 Å². The molecule has 1 heterocycles. The molecule has 3 N–H and O–H groups in total. The van der Waals surface area contributed by atoms with E-state index in [2.05, 4.69) is 37.1 Å². The van der Waals surface area contributed by atoms with Gasteiger partial charge in [0.1, 0.15) is 0 Å². The molecule has 35 heavy (non-hydrogen) atoms. The highest BCUT2D eigenvalue weighted by Crippen LogP contribution is 2.36. The van der Waals surface area contributed by atoms with E-state index in [0.29, 0.717) is 38.9 Å². The van der Waals surface area contributed by atoms with Crippen molar-refractivity contribution >= 4 is 57.2 Å². The topological polar surface area (TPSA) is 127 Å². The Bertz CT molecular complexity index is 1090. The molecular formula is C23H24BrClN4O6. The van der Waals surface area contributed by atoms with Crippen LogP contribution >= 0.6 is 27.5 Å². The number of amides is 3. The zero-order valence-electron chi connectivity index (χ0n) is 18.8. The normalized spacial score (nSPS) is 15.0. The summed E-state index contributed by atoms with van der Waals surface area (Å²) < 4.78 is 16.9. The molecule has 2 aromatic rings. The second-order valence-electron chi connectivity index (χ2n) is 7.42. The number of rotatable bonds is 9. The minimum atomic E-state index is -0.892. The van der Waals surface area contributed by atoms with Crippen molar-refractivity contribution in [1.29, 1.82) is 0 Å². The predicted molar refractivity (Wildman–Crippen MR) is 134 cm³/mol. The van der Waals surface area contributed by atoms with Gasteiger partial charge in [0.25, 0.3) is 5.91 Å². The van der Waals surface area contributed by atoms with Crippen molar-refractivity contribution in [2.24, 2.45) is 5.10 Å². The van der Waals surface area contributed by atoms with Gasteiger partial charge in [0.05, 0.1) is 23.9 Å². The Hall–Kier alpha value is -3.15. The van der Waals surface area contributed by atoms with E-state index >= 15 is 0 Å². The van der Waals surface area contributed by atoms with E-state index in [1.165, 1.54) is 13.3 Å². The average Bonchev–Trinajstić information content (AvgIpc) is 3.36. The molecule has 0 bridgehead atoms. The van der Waals surface area contributed by atoms with Crippen LogP contribution in [-0.2, 0) is 19.1 Å². The van der Waals surface area contributed by atoms with E-state index in [9.17, 15) is 14.4 Å². The number of hydrogen-bond donors (Lipinski definition) is 3. The zero-order chi connectivity index (χ0) is 25.2. The number of anilines is 1. The zero-order valence-corrected chi connectivity index (χ0v) is 21.1.